The monoisotopic (exact) mass is 362 g/mol. The van der Waals surface area contributed by atoms with E-state index in [-0.39, 0.29) is 4.90 Å². The molecule has 26 heavy (non-hydrogen) atoms. The molecule has 0 bridgehead atoms. The molecule has 4 nitrogen and oxygen atoms in total. The Bertz CT molecular complexity index is 1080. The second-order valence-electron chi connectivity index (χ2n) is 6.11. The molecule has 3 aromatic rings. The van der Waals surface area contributed by atoms with Gasteiger partial charge in [0.2, 0.25) is 0 Å². The van der Waals surface area contributed by atoms with Crippen molar-refractivity contribution >= 4 is 15.7 Å². The number of anilines is 1. The molecule has 0 fully saturated rings. The van der Waals surface area contributed by atoms with Crippen molar-refractivity contribution in [3.05, 3.63) is 83.4 Å². The topological polar surface area (TPSA) is 70.0 Å². The summed E-state index contributed by atoms with van der Waals surface area (Å²) in [6.07, 6.45) is 0. The number of sulfonamides is 1. The van der Waals surface area contributed by atoms with Gasteiger partial charge in [-0.05, 0) is 49.2 Å². The fourth-order valence-corrected chi connectivity index (χ4v) is 3.76. The third-order valence-electron chi connectivity index (χ3n) is 4.15. The van der Waals surface area contributed by atoms with Gasteiger partial charge in [0.05, 0.1) is 22.2 Å². The third kappa shape index (κ3) is 3.61. The molecule has 0 aliphatic heterocycles. The minimum atomic E-state index is -3.76. The SMILES string of the molecule is Cc1ccc(S(=O)(=O)Nc2cc(C#N)c(C)cc2-c2ccccc2)cc1. The van der Waals surface area contributed by atoms with Crippen LogP contribution in [0.25, 0.3) is 11.1 Å². The van der Waals surface area contributed by atoms with Gasteiger partial charge in [-0.25, -0.2) is 8.42 Å². The molecule has 3 aromatic carbocycles. The fourth-order valence-electron chi connectivity index (χ4n) is 2.69. The first-order valence-corrected chi connectivity index (χ1v) is 9.59. The number of hydrogen-bond donors (Lipinski definition) is 1. The van der Waals surface area contributed by atoms with Crippen molar-refractivity contribution in [3.63, 3.8) is 0 Å². The van der Waals surface area contributed by atoms with E-state index in [9.17, 15) is 13.7 Å². The first-order chi connectivity index (χ1) is 12.4. The lowest BCUT2D eigenvalue weighted by atomic mass is 9.98. The van der Waals surface area contributed by atoms with E-state index in [0.29, 0.717) is 11.3 Å². The van der Waals surface area contributed by atoms with Crippen molar-refractivity contribution in [3.8, 4) is 17.2 Å². The van der Waals surface area contributed by atoms with Crippen LogP contribution in [0.4, 0.5) is 5.69 Å². The Balaban J connectivity index is 2.12. The Morgan fingerprint density at radius 2 is 1.58 bits per heavy atom. The van der Waals surface area contributed by atoms with Crippen LogP contribution in [-0.2, 0) is 10.0 Å². The lowest BCUT2D eigenvalue weighted by Gasteiger charge is -2.15. The van der Waals surface area contributed by atoms with Gasteiger partial charge in [0.15, 0.2) is 0 Å². The molecule has 0 aliphatic rings. The van der Waals surface area contributed by atoms with Crippen molar-refractivity contribution in [2.24, 2.45) is 0 Å². The summed E-state index contributed by atoms with van der Waals surface area (Å²) in [4.78, 5) is 0.182. The van der Waals surface area contributed by atoms with Crippen LogP contribution in [0.15, 0.2) is 71.6 Å². The molecule has 0 heterocycles. The van der Waals surface area contributed by atoms with Crippen molar-refractivity contribution in [1.29, 1.82) is 5.26 Å². The maximum Gasteiger partial charge on any atom is 0.261 e. The number of rotatable bonds is 4. The standard InChI is InChI=1S/C21H18N2O2S/c1-15-8-10-19(11-9-15)26(24,25)23-21-13-18(14-22)16(2)12-20(21)17-6-4-3-5-7-17/h3-13,23H,1-2H3. The zero-order chi connectivity index (χ0) is 18.7. The summed E-state index contributed by atoms with van der Waals surface area (Å²) in [5.41, 5.74) is 4.21. The summed E-state index contributed by atoms with van der Waals surface area (Å²) < 4.78 is 28.2. The summed E-state index contributed by atoms with van der Waals surface area (Å²) in [6, 6.07) is 21.7. The van der Waals surface area contributed by atoms with Crippen LogP contribution in [0.5, 0.6) is 0 Å². The second kappa shape index (κ2) is 7.03. The van der Waals surface area contributed by atoms with Crippen molar-refractivity contribution in [1.82, 2.24) is 0 Å². The summed E-state index contributed by atoms with van der Waals surface area (Å²) in [5, 5.41) is 9.32. The Labute approximate surface area is 153 Å². The molecule has 0 saturated heterocycles. The normalized spacial score (nSPS) is 11.0. The molecule has 0 aromatic heterocycles. The van der Waals surface area contributed by atoms with Crippen LogP contribution in [0.1, 0.15) is 16.7 Å². The highest BCUT2D eigenvalue weighted by Gasteiger charge is 2.18. The average Bonchev–Trinajstić information content (AvgIpc) is 2.63. The molecule has 0 spiro atoms. The van der Waals surface area contributed by atoms with Crippen LogP contribution < -0.4 is 4.72 Å². The number of nitrogens with one attached hydrogen (secondary N) is 1. The largest absolute Gasteiger partial charge is 0.279 e. The highest BCUT2D eigenvalue weighted by Crippen LogP contribution is 2.32. The predicted octanol–water partition coefficient (Wildman–Crippen LogP) is 4.64. The predicted molar refractivity (Wildman–Crippen MR) is 103 cm³/mol. The highest BCUT2D eigenvalue weighted by molar-refractivity contribution is 7.92. The molecular weight excluding hydrogens is 344 g/mol. The van der Waals surface area contributed by atoms with E-state index in [1.807, 2.05) is 50.2 Å². The zero-order valence-electron chi connectivity index (χ0n) is 14.5. The zero-order valence-corrected chi connectivity index (χ0v) is 15.3. The molecule has 130 valence electrons. The van der Waals surface area contributed by atoms with E-state index in [0.717, 1.165) is 22.3 Å². The number of nitrogens with zero attached hydrogens (tertiary/aromatic N) is 1. The Kier molecular flexibility index (Phi) is 4.79. The first kappa shape index (κ1) is 17.7. The van der Waals surface area contributed by atoms with Gasteiger partial charge in [0, 0.05) is 5.56 Å². The number of benzene rings is 3. The maximum absolute atomic E-state index is 12.8. The highest BCUT2D eigenvalue weighted by atomic mass is 32.2. The van der Waals surface area contributed by atoms with Gasteiger partial charge in [-0.15, -0.1) is 0 Å². The molecule has 3 rings (SSSR count). The minimum absolute atomic E-state index is 0.182. The van der Waals surface area contributed by atoms with Crippen LogP contribution in [0.2, 0.25) is 0 Å². The summed E-state index contributed by atoms with van der Waals surface area (Å²) in [5.74, 6) is 0. The molecule has 0 amide bonds. The summed E-state index contributed by atoms with van der Waals surface area (Å²) >= 11 is 0. The molecule has 1 N–H and O–H groups in total. The summed E-state index contributed by atoms with van der Waals surface area (Å²) in [6.45, 7) is 3.74. The Hall–Kier alpha value is -3.10. The van der Waals surface area contributed by atoms with Gasteiger partial charge in [0.25, 0.3) is 10.0 Å². The van der Waals surface area contributed by atoms with Gasteiger partial charge in [0.1, 0.15) is 0 Å². The third-order valence-corrected chi connectivity index (χ3v) is 5.53. The lowest BCUT2D eigenvalue weighted by Crippen LogP contribution is -2.14. The van der Waals surface area contributed by atoms with E-state index in [1.165, 1.54) is 0 Å². The average molecular weight is 362 g/mol. The van der Waals surface area contributed by atoms with E-state index in [2.05, 4.69) is 10.8 Å². The van der Waals surface area contributed by atoms with Crippen LogP contribution in [0.3, 0.4) is 0 Å². The molecule has 5 heteroatoms. The molecule has 0 aliphatic carbocycles. The van der Waals surface area contributed by atoms with Crippen molar-refractivity contribution in [2.45, 2.75) is 18.7 Å². The first-order valence-electron chi connectivity index (χ1n) is 8.10. The van der Waals surface area contributed by atoms with E-state index in [4.69, 9.17) is 0 Å². The van der Waals surface area contributed by atoms with E-state index in [1.54, 1.807) is 30.3 Å². The Morgan fingerprint density at radius 1 is 0.923 bits per heavy atom. The fraction of sp³-hybridized carbons (Fsp3) is 0.0952. The van der Waals surface area contributed by atoms with Gasteiger partial charge in [-0.1, -0.05) is 48.0 Å². The van der Waals surface area contributed by atoms with Crippen LogP contribution >= 0.6 is 0 Å². The van der Waals surface area contributed by atoms with E-state index < -0.39 is 10.0 Å². The van der Waals surface area contributed by atoms with E-state index >= 15 is 0 Å². The molecule has 0 radical (unpaired) electrons. The minimum Gasteiger partial charge on any atom is -0.279 e. The van der Waals surface area contributed by atoms with Gasteiger partial charge >= 0.3 is 0 Å². The molecule has 0 unspecified atom stereocenters. The molecule has 0 atom stereocenters. The van der Waals surface area contributed by atoms with Gasteiger partial charge < -0.3 is 0 Å². The number of hydrogen-bond acceptors (Lipinski definition) is 3. The smallest absolute Gasteiger partial charge is 0.261 e. The van der Waals surface area contributed by atoms with Crippen LogP contribution in [-0.4, -0.2) is 8.42 Å². The van der Waals surface area contributed by atoms with Gasteiger partial charge in [-0.3, -0.25) is 4.72 Å². The Morgan fingerprint density at radius 3 is 2.19 bits per heavy atom. The van der Waals surface area contributed by atoms with Gasteiger partial charge in [-0.2, -0.15) is 5.26 Å². The van der Waals surface area contributed by atoms with Crippen molar-refractivity contribution in [2.75, 3.05) is 4.72 Å². The summed E-state index contributed by atoms with van der Waals surface area (Å²) in [7, 11) is -3.76. The second-order valence-corrected chi connectivity index (χ2v) is 7.79. The van der Waals surface area contributed by atoms with Crippen molar-refractivity contribution < 1.29 is 8.42 Å². The molecule has 0 saturated carbocycles. The quantitative estimate of drug-likeness (QED) is 0.735. The lowest BCUT2D eigenvalue weighted by molar-refractivity contribution is 0.601. The molecular formula is C21H18N2O2S. The van der Waals surface area contributed by atoms with Crippen LogP contribution in [0, 0.1) is 25.2 Å². The maximum atomic E-state index is 12.8. The number of nitriles is 1. The number of aryl methyl sites for hydroxylation is 2.